The Morgan fingerprint density at radius 3 is 2.52 bits per heavy atom. The summed E-state index contributed by atoms with van der Waals surface area (Å²) in [5.41, 5.74) is 1.29. The SMILES string of the molecule is COc1ccc(C(=O)NC2CCCC2)cc1NC(=O)Cc1ccccc1C(=O)O. The van der Waals surface area contributed by atoms with Crippen LogP contribution in [0.15, 0.2) is 42.5 Å². The molecule has 0 saturated heterocycles. The molecule has 1 aliphatic carbocycles. The molecule has 7 nitrogen and oxygen atoms in total. The van der Waals surface area contributed by atoms with Gasteiger partial charge in [0.25, 0.3) is 5.91 Å². The number of carbonyl (C=O) groups excluding carboxylic acids is 2. The van der Waals surface area contributed by atoms with Crippen molar-refractivity contribution in [3.8, 4) is 5.75 Å². The number of benzene rings is 2. The Morgan fingerprint density at radius 1 is 1.10 bits per heavy atom. The molecule has 0 aromatic heterocycles. The Hall–Kier alpha value is -3.35. The number of hydrogen-bond acceptors (Lipinski definition) is 4. The number of nitrogens with one attached hydrogen (secondary N) is 2. The van der Waals surface area contributed by atoms with Crippen molar-refractivity contribution < 1.29 is 24.2 Å². The summed E-state index contributed by atoms with van der Waals surface area (Å²) < 4.78 is 5.29. The molecule has 1 fully saturated rings. The predicted molar refractivity (Wildman–Crippen MR) is 108 cm³/mol. The molecule has 0 bridgehead atoms. The number of carboxylic acid groups (broad SMARTS) is 1. The van der Waals surface area contributed by atoms with Gasteiger partial charge in [0.05, 0.1) is 24.8 Å². The summed E-state index contributed by atoms with van der Waals surface area (Å²) in [7, 11) is 1.48. The van der Waals surface area contributed by atoms with E-state index in [9.17, 15) is 19.5 Å². The summed E-state index contributed by atoms with van der Waals surface area (Å²) in [6.07, 6.45) is 4.09. The number of carboxylic acids is 1. The molecule has 3 N–H and O–H groups in total. The van der Waals surface area contributed by atoms with Crippen LogP contribution in [0.2, 0.25) is 0 Å². The minimum atomic E-state index is -1.09. The molecule has 0 unspecified atom stereocenters. The first-order valence-corrected chi connectivity index (χ1v) is 9.58. The minimum Gasteiger partial charge on any atom is -0.495 e. The molecule has 3 rings (SSSR count). The van der Waals surface area contributed by atoms with Crippen molar-refractivity contribution >= 4 is 23.5 Å². The topological polar surface area (TPSA) is 105 Å². The Bertz CT molecular complexity index is 919. The van der Waals surface area contributed by atoms with E-state index in [0.29, 0.717) is 22.6 Å². The Labute approximate surface area is 169 Å². The van der Waals surface area contributed by atoms with Crippen molar-refractivity contribution in [2.45, 2.75) is 38.1 Å². The van der Waals surface area contributed by atoms with Crippen LogP contribution in [0, 0.1) is 0 Å². The Kier molecular flexibility index (Phi) is 6.49. The van der Waals surface area contributed by atoms with Gasteiger partial charge in [-0.2, -0.15) is 0 Å². The van der Waals surface area contributed by atoms with Crippen LogP contribution in [0.1, 0.15) is 52.0 Å². The van der Waals surface area contributed by atoms with E-state index >= 15 is 0 Å². The van der Waals surface area contributed by atoms with E-state index in [1.54, 1.807) is 36.4 Å². The second kappa shape index (κ2) is 9.23. The van der Waals surface area contributed by atoms with Gasteiger partial charge in [-0.3, -0.25) is 9.59 Å². The van der Waals surface area contributed by atoms with Crippen LogP contribution >= 0.6 is 0 Å². The minimum absolute atomic E-state index is 0.0827. The van der Waals surface area contributed by atoms with Crippen LogP contribution in [-0.2, 0) is 11.2 Å². The number of rotatable bonds is 7. The summed E-state index contributed by atoms with van der Waals surface area (Å²) in [5.74, 6) is -1.25. The highest BCUT2D eigenvalue weighted by Crippen LogP contribution is 2.26. The molecule has 0 radical (unpaired) electrons. The van der Waals surface area contributed by atoms with Crippen molar-refractivity contribution in [3.05, 3.63) is 59.2 Å². The number of anilines is 1. The molecule has 29 heavy (non-hydrogen) atoms. The quantitative estimate of drug-likeness (QED) is 0.666. The third-order valence-electron chi connectivity index (χ3n) is 5.02. The van der Waals surface area contributed by atoms with Gasteiger partial charge < -0.3 is 20.5 Å². The highest BCUT2D eigenvalue weighted by Gasteiger charge is 2.19. The number of carbonyl (C=O) groups is 3. The maximum Gasteiger partial charge on any atom is 0.335 e. The molecule has 152 valence electrons. The molecule has 0 atom stereocenters. The second-order valence-corrected chi connectivity index (χ2v) is 7.06. The van der Waals surface area contributed by atoms with Crippen LogP contribution in [-0.4, -0.2) is 36.0 Å². The molecule has 0 spiro atoms. The van der Waals surface area contributed by atoms with Crippen molar-refractivity contribution in [1.29, 1.82) is 0 Å². The van der Waals surface area contributed by atoms with Gasteiger partial charge in [-0.1, -0.05) is 31.0 Å². The van der Waals surface area contributed by atoms with Crippen molar-refractivity contribution in [3.63, 3.8) is 0 Å². The van der Waals surface area contributed by atoms with Gasteiger partial charge in [0.2, 0.25) is 5.91 Å². The monoisotopic (exact) mass is 396 g/mol. The summed E-state index contributed by atoms with van der Waals surface area (Å²) in [6, 6.07) is 11.4. The van der Waals surface area contributed by atoms with Gasteiger partial charge in [0.15, 0.2) is 0 Å². The van der Waals surface area contributed by atoms with Crippen molar-refractivity contribution in [2.24, 2.45) is 0 Å². The Morgan fingerprint density at radius 2 is 1.83 bits per heavy atom. The third-order valence-corrected chi connectivity index (χ3v) is 5.02. The molecule has 7 heteroatoms. The number of amides is 2. The zero-order chi connectivity index (χ0) is 20.8. The lowest BCUT2D eigenvalue weighted by molar-refractivity contribution is -0.115. The first-order chi connectivity index (χ1) is 14.0. The first-order valence-electron chi connectivity index (χ1n) is 9.58. The molecule has 1 saturated carbocycles. The molecule has 2 amide bonds. The van der Waals surface area contributed by atoms with E-state index in [2.05, 4.69) is 10.6 Å². The van der Waals surface area contributed by atoms with Gasteiger partial charge in [-0.15, -0.1) is 0 Å². The van der Waals surface area contributed by atoms with E-state index in [1.165, 1.54) is 13.2 Å². The van der Waals surface area contributed by atoms with Gasteiger partial charge in [0, 0.05) is 11.6 Å². The van der Waals surface area contributed by atoms with Crippen molar-refractivity contribution in [1.82, 2.24) is 5.32 Å². The zero-order valence-electron chi connectivity index (χ0n) is 16.2. The average Bonchev–Trinajstić information content (AvgIpc) is 3.21. The molecule has 0 aliphatic heterocycles. The average molecular weight is 396 g/mol. The van der Waals surface area contributed by atoms with E-state index in [1.807, 2.05) is 0 Å². The maximum atomic E-state index is 12.5. The van der Waals surface area contributed by atoms with Crippen LogP contribution in [0.3, 0.4) is 0 Å². The molecule has 1 aliphatic rings. The molecule has 2 aromatic rings. The first kappa shape index (κ1) is 20.4. The second-order valence-electron chi connectivity index (χ2n) is 7.06. The lowest BCUT2D eigenvalue weighted by Gasteiger charge is -2.15. The highest BCUT2D eigenvalue weighted by atomic mass is 16.5. The number of aromatic carboxylic acids is 1. The lowest BCUT2D eigenvalue weighted by Crippen LogP contribution is -2.32. The van der Waals surface area contributed by atoms with Gasteiger partial charge in [-0.05, 0) is 42.7 Å². The predicted octanol–water partition coefficient (Wildman–Crippen LogP) is 3.25. The largest absolute Gasteiger partial charge is 0.495 e. The van der Waals surface area contributed by atoms with Crippen LogP contribution in [0.25, 0.3) is 0 Å². The smallest absolute Gasteiger partial charge is 0.335 e. The highest BCUT2D eigenvalue weighted by molar-refractivity contribution is 6.00. The molecular weight excluding hydrogens is 372 g/mol. The standard InChI is InChI=1S/C22H24N2O5/c1-29-19-11-10-15(21(26)23-16-7-3-4-8-16)12-18(19)24-20(25)13-14-6-2-5-9-17(14)22(27)28/h2,5-6,9-12,16H,3-4,7-8,13H2,1H3,(H,23,26)(H,24,25)(H,27,28). The normalized spacial score (nSPS) is 13.7. The number of methoxy groups -OCH3 is 1. The van der Waals surface area contributed by atoms with Crippen LogP contribution in [0.5, 0.6) is 5.75 Å². The Balaban J connectivity index is 1.74. The van der Waals surface area contributed by atoms with Gasteiger partial charge in [0.1, 0.15) is 5.75 Å². The van der Waals surface area contributed by atoms with E-state index < -0.39 is 11.9 Å². The maximum absolute atomic E-state index is 12.5. The summed E-state index contributed by atoms with van der Waals surface area (Å²) in [5, 5.41) is 15.0. The van der Waals surface area contributed by atoms with Crippen LogP contribution < -0.4 is 15.4 Å². The summed E-state index contributed by atoms with van der Waals surface area (Å²) >= 11 is 0. The van der Waals surface area contributed by atoms with Crippen molar-refractivity contribution in [2.75, 3.05) is 12.4 Å². The van der Waals surface area contributed by atoms with Gasteiger partial charge >= 0.3 is 5.97 Å². The number of ether oxygens (including phenoxy) is 1. The fourth-order valence-corrected chi connectivity index (χ4v) is 3.54. The summed E-state index contributed by atoms with van der Waals surface area (Å²) in [6.45, 7) is 0. The fraction of sp³-hybridized carbons (Fsp3) is 0.318. The van der Waals surface area contributed by atoms with E-state index in [-0.39, 0.29) is 23.9 Å². The molecule has 2 aromatic carbocycles. The summed E-state index contributed by atoms with van der Waals surface area (Å²) in [4.78, 5) is 36.4. The third kappa shape index (κ3) is 5.13. The van der Waals surface area contributed by atoms with E-state index in [0.717, 1.165) is 25.7 Å². The fourth-order valence-electron chi connectivity index (χ4n) is 3.54. The lowest BCUT2D eigenvalue weighted by atomic mass is 10.0. The zero-order valence-corrected chi connectivity index (χ0v) is 16.2. The molecule has 0 heterocycles. The number of hydrogen-bond donors (Lipinski definition) is 3. The van der Waals surface area contributed by atoms with Gasteiger partial charge in [-0.25, -0.2) is 4.79 Å². The molecular formula is C22H24N2O5. The van der Waals surface area contributed by atoms with E-state index in [4.69, 9.17) is 4.74 Å². The van der Waals surface area contributed by atoms with Crippen LogP contribution in [0.4, 0.5) is 5.69 Å².